The number of allylic oxidation sites excluding steroid dienone is 3. The van der Waals surface area contributed by atoms with E-state index in [2.05, 4.69) is 360 Å². The van der Waals surface area contributed by atoms with Crippen molar-refractivity contribution in [3.8, 4) is 72.4 Å². The van der Waals surface area contributed by atoms with Crippen molar-refractivity contribution in [1.29, 1.82) is 0 Å². The molecule has 0 saturated carbocycles. The minimum atomic E-state index is -0.0634. The highest BCUT2D eigenvalue weighted by Gasteiger charge is 2.41. The molecule has 4 nitrogen and oxygen atoms in total. The SMILES string of the molecule is CC1=C(c2cccc(-n3c4ccccc4c4cc(-c5ccc6c(c5)-c5ccccc5C6(C)C)ccc43)c2)N=c2ccc(N3c4ccc(-c5ccc6c(c5)-c5ccccc5C6(C)C)cc4C4C=CC=CC43)cc2=C(n2c3ccccc3c3cc(-c4ccc5c(c4)-c4ccccc4C5(C)C)ccc32)C1. The summed E-state index contributed by atoms with van der Waals surface area (Å²) in [5.41, 5.74) is 37.6. The van der Waals surface area contributed by atoms with Crippen molar-refractivity contribution >= 4 is 66.4 Å². The van der Waals surface area contributed by atoms with Crippen LogP contribution in [0.25, 0.3) is 127 Å². The number of anilines is 2. The molecule has 0 bridgehead atoms. The Hall–Kier alpha value is -11.9. The normalized spacial score (nSPS) is 17.3. The van der Waals surface area contributed by atoms with Crippen molar-refractivity contribution < 1.29 is 0 Å². The van der Waals surface area contributed by atoms with E-state index in [1.807, 2.05) is 0 Å². The monoisotopic (exact) mass is 1310 g/mol. The number of fused-ring (bicyclic) bond motifs is 19. The fourth-order valence-electron chi connectivity index (χ4n) is 19.3. The average Bonchev–Trinajstić information content (AvgIpc) is 1.61. The van der Waals surface area contributed by atoms with E-state index in [-0.39, 0.29) is 28.2 Å². The van der Waals surface area contributed by atoms with Gasteiger partial charge in [0.1, 0.15) is 0 Å². The molecule has 0 N–H and O–H groups in total. The van der Waals surface area contributed by atoms with Gasteiger partial charge in [-0.2, -0.15) is 0 Å². The third kappa shape index (κ3) is 8.35. The zero-order valence-corrected chi connectivity index (χ0v) is 58.4. The minimum absolute atomic E-state index is 0.0457. The topological polar surface area (TPSA) is 25.5 Å². The molecule has 4 heteroatoms. The summed E-state index contributed by atoms with van der Waals surface area (Å²) < 4.78 is 5.04. The quantitative estimate of drug-likeness (QED) is 0.156. The third-order valence-electron chi connectivity index (χ3n) is 24.4. The molecule has 4 heterocycles. The number of hydrogen-bond acceptors (Lipinski definition) is 2. The Labute approximate surface area is 595 Å². The van der Waals surface area contributed by atoms with Gasteiger partial charge in [-0.25, -0.2) is 4.99 Å². The van der Waals surface area contributed by atoms with E-state index in [0.29, 0.717) is 6.42 Å². The second-order valence-corrected chi connectivity index (χ2v) is 31.0. The lowest BCUT2D eigenvalue weighted by molar-refractivity contribution is 0.660. The predicted octanol–water partition coefficient (Wildman–Crippen LogP) is 23.7. The van der Waals surface area contributed by atoms with Crippen molar-refractivity contribution in [3.63, 3.8) is 0 Å². The van der Waals surface area contributed by atoms with Gasteiger partial charge < -0.3 is 14.0 Å². The Morgan fingerprint density at radius 1 is 0.343 bits per heavy atom. The Morgan fingerprint density at radius 3 is 1.38 bits per heavy atom. The maximum absolute atomic E-state index is 5.94. The minimum Gasteiger partial charge on any atom is -0.333 e. The van der Waals surface area contributed by atoms with Gasteiger partial charge in [-0.3, -0.25) is 0 Å². The first kappa shape index (κ1) is 59.1. The van der Waals surface area contributed by atoms with Gasteiger partial charge in [0.15, 0.2) is 0 Å². The lowest BCUT2D eigenvalue weighted by Crippen LogP contribution is -2.33. The summed E-state index contributed by atoms with van der Waals surface area (Å²) in [6.45, 7) is 16.5. The van der Waals surface area contributed by atoms with E-state index in [0.717, 1.165) is 33.2 Å². The molecule has 0 amide bonds. The van der Waals surface area contributed by atoms with Crippen LogP contribution in [-0.4, -0.2) is 15.2 Å². The summed E-state index contributed by atoms with van der Waals surface area (Å²) in [6, 6.07) is 104. The predicted molar refractivity (Wildman–Crippen MR) is 426 cm³/mol. The molecule has 2 atom stereocenters. The maximum Gasteiger partial charge on any atom is 0.0728 e. The van der Waals surface area contributed by atoms with Crippen LogP contribution in [0.4, 0.5) is 11.4 Å². The third-order valence-corrected chi connectivity index (χ3v) is 24.4. The van der Waals surface area contributed by atoms with E-state index in [1.165, 1.54) is 166 Å². The molecule has 4 aliphatic carbocycles. The molecule has 21 rings (SSSR count). The fourth-order valence-corrected chi connectivity index (χ4v) is 19.3. The Kier molecular flexibility index (Phi) is 12.4. The highest BCUT2D eigenvalue weighted by atomic mass is 15.2. The Balaban J connectivity index is 0.718. The second-order valence-electron chi connectivity index (χ2n) is 31.0. The van der Waals surface area contributed by atoms with E-state index in [4.69, 9.17) is 4.99 Å². The Bertz CT molecular complexity index is 6480. The van der Waals surface area contributed by atoms with Crippen LogP contribution in [0.3, 0.4) is 0 Å². The molecule has 0 spiro atoms. The standard InChI is InChI=1S/C98H74N4/c1-58-49-94(102-90-34-19-13-28-73(90)79-56-64(40-48-93(79)102)61-37-44-86-76(53-61)70-25-10-16-31-83(70)98(86,6)7)80-57-67(101-89-33-18-12-27-72(89)78-55-63(39-47-92(78)101)60-36-43-85-75(52-60)69-24-9-15-30-82(69)97(85,4)5)41-45-87(80)99-95(58)65-21-20-22-66(50-65)100-88-32-17-11-26-71(88)77-54-62(38-46-91(77)100)59-35-42-84-74(51-59)68-23-8-14-29-81(68)96(84,2)3/h8-48,50-57,72,89H,49H2,1-7H3. The molecule has 15 aromatic rings. The first-order valence-corrected chi connectivity index (χ1v) is 36.4. The van der Waals surface area contributed by atoms with Crippen LogP contribution in [0.2, 0.25) is 0 Å². The number of benzene rings is 13. The number of nitrogens with zero attached hydrogens (tertiary/aromatic N) is 4. The average molecular weight is 1310 g/mol. The molecular weight excluding hydrogens is 1230 g/mol. The molecule has 102 heavy (non-hydrogen) atoms. The van der Waals surface area contributed by atoms with Crippen LogP contribution in [-0.2, 0) is 16.2 Å². The van der Waals surface area contributed by atoms with Crippen LogP contribution in [0.5, 0.6) is 0 Å². The van der Waals surface area contributed by atoms with Crippen molar-refractivity contribution in [2.75, 3.05) is 4.90 Å². The number of aromatic nitrogens is 2. The van der Waals surface area contributed by atoms with Crippen molar-refractivity contribution in [2.45, 2.75) is 83.1 Å². The first-order chi connectivity index (χ1) is 49.7. The van der Waals surface area contributed by atoms with Gasteiger partial charge in [0.25, 0.3) is 0 Å². The van der Waals surface area contributed by atoms with E-state index < -0.39 is 0 Å². The molecule has 2 aliphatic heterocycles. The molecule has 2 aromatic heterocycles. The van der Waals surface area contributed by atoms with Gasteiger partial charge in [-0.05, 0) is 215 Å². The van der Waals surface area contributed by atoms with E-state index in [1.54, 1.807) is 0 Å². The molecule has 0 saturated heterocycles. The van der Waals surface area contributed by atoms with Crippen molar-refractivity contribution in [2.24, 2.45) is 4.99 Å². The second kappa shape index (κ2) is 21.3. The van der Waals surface area contributed by atoms with Crippen LogP contribution in [0.1, 0.15) is 105 Å². The summed E-state index contributed by atoms with van der Waals surface area (Å²) in [4.78, 5) is 8.54. The smallest absolute Gasteiger partial charge is 0.0728 e. The first-order valence-electron chi connectivity index (χ1n) is 36.4. The molecule has 0 radical (unpaired) electrons. The van der Waals surface area contributed by atoms with Gasteiger partial charge in [0.05, 0.1) is 39.2 Å². The van der Waals surface area contributed by atoms with Crippen LogP contribution in [0.15, 0.2) is 308 Å². The Morgan fingerprint density at radius 2 is 0.804 bits per heavy atom. The molecule has 13 aromatic carbocycles. The molecular formula is C98H74N4. The van der Waals surface area contributed by atoms with E-state index >= 15 is 0 Å². The summed E-state index contributed by atoms with van der Waals surface area (Å²) >= 11 is 0. The van der Waals surface area contributed by atoms with Gasteiger partial charge in [0.2, 0.25) is 0 Å². The van der Waals surface area contributed by atoms with Gasteiger partial charge in [0, 0.05) is 83.7 Å². The highest BCUT2D eigenvalue weighted by Crippen LogP contribution is 2.55. The number of hydrogen-bond donors (Lipinski definition) is 0. The summed E-state index contributed by atoms with van der Waals surface area (Å²) in [6.07, 6.45) is 9.97. The van der Waals surface area contributed by atoms with Crippen molar-refractivity contribution in [3.05, 3.63) is 358 Å². The number of rotatable bonds is 7. The lowest BCUT2D eigenvalue weighted by atomic mass is 9.82. The maximum atomic E-state index is 5.94. The van der Waals surface area contributed by atoms with Crippen LogP contribution < -0.4 is 15.5 Å². The van der Waals surface area contributed by atoms with Gasteiger partial charge in [-0.15, -0.1) is 0 Å². The van der Waals surface area contributed by atoms with Gasteiger partial charge >= 0.3 is 0 Å². The zero-order chi connectivity index (χ0) is 68.2. The number of para-hydroxylation sites is 2. The molecule has 486 valence electrons. The summed E-state index contributed by atoms with van der Waals surface area (Å²) in [5.74, 6) is 0.167. The lowest BCUT2D eigenvalue weighted by Gasteiger charge is -2.29. The largest absolute Gasteiger partial charge is 0.333 e. The van der Waals surface area contributed by atoms with E-state index in [9.17, 15) is 0 Å². The van der Waals surface area contributed by atoms with Crippen LogP contribution in [0, 0.1) is 0 Å². The van der Waals surface area contributed by atoms with Crippen LogP contribution >= 0.6 is 0 Å². The van der Waals surface area contributed by atoms with Gasteiger partial charge in [-0.1, -0.05) is 242 Å². The highest BCUT2D eigenvalue weighted by molar-refractivity contribution is 6.12. The summed E-state index contributed by atoms with van der Waals surface area (Å²) in [5, 5.41) is 6.99. The zero-order valence-electron chi connectivity index (χ0n) is 58.4. The van der Waals surface area contributed by atoms with Crippen molar-refractivity contribution in [1.82, 2.24) is 9.13 Å². The molecule has 6 aliphatic rings. The fraction of sp³-hybridized carbons (Fsp3) is 0.133. The molecule has 0 fully saturated rings. The summed E-state index contributed by atoms with van der Waals surface area (Å²) in [7, 11) is 0. The molecule has 2 unspecified atom stereocenters.